The van der Waals surface area contributed by atoms with Crippen LogP contribution in [0.5, 0.6) is 0 Å². The maximum atomic E-state index is 12.0. The highest BCUT2D eigenvalue weighted by atomic mass is 16.6. The van der Waals surface area contributed by atoms with E-state index >= 15 is 0 Å². The average molecular weight is 444 g/mol. The standard InChI is InChI=1S/C23H29N3O6/c1-26(17-18-8-4-3-5-9-18)23(29)32-13-7-12-31-22(28)25-16-20-11-6-10-19(14-20)15-24-21(27)30-2/h3-6,8-11,14H,7,12-13,15-17H2,1-2H3,(H,24,27)(H,25,28). The van der Waals surface area contributed by atoms with Gasteiger partial charge in [0.1, 0.15) is 0 Å². The molecule has 9 heteroatoms. The van der Waals surface area contributed by atoms with Gasteiger partial charge in [0.2, 0.25) is 0 Å². The smallest absolute Gasteiger partial charge is 0.409 e. The summed E-state index contributed by atoms with van der Waals surface area (Å²) in [7, 11) is 2.97. The lowest BCUT2D eigenvalue weighted by molar-refractivity contribution is 0.0954. The molecule has 0 heterocycles. The van der Waals surface area contributed by atoms with Crippen LogP contribution in [0.1, 0.15) is 23.1 Å². The molecule has 3 amide bonds. The Kier molecular flexibility index (Phi) is 10.4. The quantitative estimate of drug-likeness (QED) is 0.430. The Morgan fingerprint density at radius 2 is 1.41 bits per heavy atom. The van der Waals surface area contributed by atoms with Crippen LogP contribution in [-0.4, -0.2) is 50.6 Å². The molecule has 0 spiro atoms. The van der Waals surface area contributed by atoms with Crippen molar-refractivity contribution in [1.82, 2.24) is 15.5 Å². The zero-order valence-electron chi connectivity index (χ0n) is 18.3. The Morgan fingerprint density at radius 3 is 2.06 bits per heavy atom. The van der Waals surface area contributed by atoms with Crippen LogP contribution in [0.4, 0.5) is 14.4 Å². The fourth-order valence-electron chi connectivity index (χ4n) is 2.74. The Labute approximate surface area is 187 Å². The minimum absolute atomic E-state index is 0.130. The average Bonchev–Trinajstić information content (AvgIpc) is 2.81. The third kappa shape index (κ3) is 9.38. The largest absolute Gasteiger partial charge is 0.453 e. The van der Waals surface area contributed by atoms with Gasteiger partial charge in [-0.15, -0.1) is 0 Å². The van der Waals surface area contributed by atoms with Crippen molar-refractivity contribution in [2.75, 3.05) is 27.4 Å². The van der Waals surface area contributed by atoms with Crippen LogP contribution < -0.4 is 10.6 Å². The first-order valence-corrected chi connectivity index (χ1v) is 10.2. The zero-order chi connectivity index (χ0) is 23.2. The molecule has 0 radical (unpaired) electrons. The van der Waals surface area contributed by atoms with E-state index in [1.807, 2.05) is 54.6 Å². The van der Waals surface area contributed by atoms with Gasteiger partial charge in [0.25, 0.3) is 0 Å². The van der Waals surface area contributed by atoms with Crippen molar-refractivity contribution in [2.24, 2.45) is 0 Å². The van der Waals surface area contributed by atoms with Gasteiger partial charge in [-0.2, -0.15) is 0 Å². The Balaban J connectivity index is 1.58. The van der Waals surface area contributed by atoms with E-state index in [1.54, 1.807) is 7.05 Å². The van der Waals surface area contributed by atoms with Crippen molar-refractivity contribution >= 4 is 18.3 Å². The summed E-state index contributed by atoms with van der Waals surface area (Å²) >= 11 is 0. The van der Waals surface area contributed by atoms with Crippen molar-refractivity contribution < 1.29 is 28.6 Å². The number of ether oxygens (including phenoxy) is 3. The molecule has 172 valence electrons. The van der Waals surface area contributed by atoms with E-state index in [4.69, 9.17) is 9.47 Å². The van der Waals surface area contributed by atoms with E-state index in [2.05, 4.69) is 15.4 Å². The summed E-state index contributed by atoms with van der Waals surface area (Å²) in [4.78, 5) is 36.5. The zero-order valence-corrected chi connectivity index (χ0v) is 18.3. The van der Waals surface area contributed by atoms with E-state index in [0.29, 0.717) is 19.5 Å². The van der Waals surface area contributed by atoms with Crippen LogP contribution in [-0.2, 0) is 33.8 Å². The predicted molar refractivity (Wildman–Crippen MR) is 118 cm³/mol. The second-order valence-electron chi connectivity index (χ2n) is 6.96. The number of amides is 3. The summed E-state index contributed by atoms with van der Waals surface area (Å²) in [6.07, 6.45) is -1.10. The minimum atomic E-state index is -0.560. The molecular formula is C23H29N3O6. The van der Waals surface area contributed by atoms with E-state index in [1.165, 1.54) is 12.0 Å². The lowest BCUT2D eigenvalue weighted by Crippen LogP contribution is -2.28. The van der Waals surface area contributed by atoms with Crippen molar-refractivity contribution in [1.29, 1.82) is 0 Å². The molecule has 0 saturated heterocycles. The van der Waals surface area contributed by atoms with Gasteiger partial charge in [-0.05, 0) is 16.7 Å². The van der Waals surface area contributed by atoms with Crippen LogP contribution in [0, 0.1) is 0 Å². The topological polar surface area (TPSA) is 106 Å². The van der Waals surface area contributed by atoms with Crippen molar-refractivity contribution in [3.05, 3.63) is 71.3 Å². The van der Waals surface area contributed by atoms with Gasteiger partial charge in [-0.3, -0.25) is 0 Å². The van der Waals surface area contributed by atoms with E-state index < -0.39 is 18.3 Å². The van der Waals surface area contributed by atoms with Gasteiger partial charge in [0, 0.05) is 33.1 Å². The third-order valence-electron chi connectivity index (χ3n) is 4.37. The second-order valence-corrected chi connectivity index (χ2v) is 6.96. The summed E-state index contributed by atoms with van der Waals surface area (Å²) in [6.45, 7) is 1.35. The number of methoxy groups -OCH3 is 1. The number of nitrogens with zero attached hydrogens (tertiary/aromatic N) is 1. The number of hydrogen-bond donors (Lipinski definition) is 2. The number of rotatable bonds is 10. The van der Waals surface area contributed by atoms with Crippen molar-refractivity contribution in [3.8, 4) is 0 Å². The molecule has 0 fully saturated rings. The normalized spacial score (nSPS) is 10.1. The van der Waals surface area contributed by atoms with Gasteiger partial charge < -0.3 is 29.7 Å². The first-order chi connectivity index (χ1) is 15.5. The molecule has 0 aliphatic rings. The predicted octanol–water partition coefficient (Wildman–Crippen LogP) is 3.43. The van der Waals surface area contributed by atoms with Gasteiger partial charge >= 0.3 is 18.3 Å². The molecular weight excluding hydrogens is 414 g/mol. The highest BCUT2D eigenvalue weighted by Gasteiger charge is 2.10. The maximum absolute atomic E-state index is 12.0. The number of benzene rings is 2. The highest BCUT2D eigenvalue weighted by molar-refractivity contribution is 5.68. The highest BCUT2D eigenvalue weighted by Crippen LogP contribution is 2.06. The van der Waals surface area contributed by atoms with Gasteiger partial charge in [0.15, 0.2) is 0 Å². The molecule has 0 saturated carbocycles. The van der Waals surface area contributed by atoms with E-state index in [9.17, 15) is 14.4 Å². The molecule has 0 unspecified atom stereocenters. The van der Waals surface area contributed by atoms with Crippen LogP contribution in [0.3, 0.4) is 0 Å². The van der Waals surface area contributed by atoms with Crippen LogP contribution in [0.15, 0.2) is 54.6 Å². The Bertz CT molecular complexity index is 875. The number of nitrogens with one attached hydrogen (secondary N) is 2. The van der Waals surface area contributed by atoms with Gasteiger partial charge in [-0.25, -0.2) is 14.4 Å². The van der Waals surface area contributed by atoms with Gasteiger partial charge in [0.05, 0.1) is 20.3 Å². The molecule has 2 rings (SSSR count). The molecule has 2 aromatic rings. The fourth-order valence-corrected chi connectivity index (χ4v) is 2.74. The Hall–Kier alpha value is -3.75. The van der Waals surface area contributed by atoms with Crippen molar-refractivity contribution in [3.63, 3.8) is 0 Å². The number of carbonyl (C=O) groups is 3. The van der Waals surface area contributed by atoms with Crippen LogP contribution >= 0.6 is 0 Å². The number of hydrogen-bond acceptors (Lipinski definition) is 6. The monoisotopic (exact) mass is 443 g/mol. The Morgan fingerprint density at radius 1 is 0.812 bits per heavy atom. The van der Waals surface area contributed by atoms with E-state index in [0.717, 1.165) is 16.7 Å². The second kappa shape index (κ2) is 13.5. The van der Waals surface area contributed by atoms with Crippen LogP contribution in [0.25, 0.3) is 0 Å². The lowest BCUT2D eigenvalue weighted by Gasteiger charge is -2.17. The van der Waals surface area contributed by atoms with E-state index in [-0.39, 0.29) is 19.8 Å². The summed E-state index contributed by atoms with van der Waals surface area (Å²) < 4.78 is 14.8. The first-order valence-electron chi connectivity index (χ1n) is 10.2. The molecule has 0 aromatic heterocycles. The number of carbonyl (C=O) groups excluding carboxylic acids is 3. The molecule has 32 heavy (non-hydrogen) atoms. The minimum Gasteiger partial charge on any atom is -0.453 e. The summed E-state index contributed by atoms with van der Waals surface area (Å²) in [5.74, 6) is 0. The maximum Gasteiger partial charge on any atom is 0.409 e. The molecule has 0 atom stereocenters. The van der Waals surface area contributed by atoms with Gasteiger partial charge in [-0.1, -0.05) is 54.6 Å². The van der Waals surface area contributed by atoms with Crippen LogP contribution in [0.2, 0.25) is 0 Å². The van der Waals surface area contributed by atoms with Crippen molar-refractivity contribution in [2.45, 2.75) is 26.1 Å². The molecule has 2 N–H and O–H groups in total. The summed E-state index contributed by atoms with van der Waals surface area (Å²) in [5, 5.41) is 5.25. The molecule has 0 bridgehead atoms. The summed E-state index contributed by atoms with van der Waals surface area (Å²) in [5.41, 5.74) is 2.75. The fraction of sp³-hybridized carbons (Fsp3) is 0.348. The SMILES string of the molecule is COC(=O)NCc1cccc(CNC(=O)OCCCOC(=O)N(C)Cc2ccccc2)c1. The molecule has 0 aliphatic heterocycles. The number of alkyl carbamates (subject to hydrolysis) is 2. The first kappa shape index (κ1) is 24.5. The molecule has 0 aliphatic carbocycles. The third-order valence-corrected chi connectivity index (χ3v) is 4.37. The lowest BCUT2D eigenvalue weighted by atomic mass is 10.1. The molecule has 9 nitrogen and oxygen atoms in total. The summed E-state index contributed by atoms with van der Waals surface area (Å²) in [6, 6.07) is 17.0. The molecule has 2 aromatic carbocycles.